The lowest BCUT2D eigenvalue weighted by Gasteiger charge is -2.44. The molecule has 6 heteroatoms. The second-order valence-electron chi connectivity index (χ2n) is 6.85. The van der Waals surface area contributed by atoms with Gasteiger partial charge in [-0.3, -0.25) is 9.59 Å². The molecule has 0 radical (unpaired) electrons. The molecule has 1 aromatic carbocycles. The van der Waals surface area contributed by atoms with E-state index in [4.69, 9.17) is 4.74 Å². The molecule has 2 aliphatic heterocycles. The first kappa shape index (κ1) is 16.3. The molecule has 2 unspecified atom stereocenters. The molecule has 1 aromatic rings. The topological polar surface area (TPSA) is 62.2 Å². The number of amides is 2. The van der Waals surface area contributed by atoms with E-state index in [9.17, 15) is 9.59 Å². The minimum absolute atomic E-state index is 0.0337. The molecule has 132 valence electrons. The van der Waals surface area contributed by atoms with Crippen LogP contribution in [0.25, 0.3) is 0 Å². The maximum absolute atomic E-state index is 13.1. The van der Waals surface area contributed by atoms with Crippen LogP contribution >= 0.6 is 0 Å². The highest BCUT2D eigenvalue weighted by molar-refractivity contribution is 6.40. The minimum atomic E-state index is -0.0692. The number of hydrogen-bond donors (Lipinski definition) is 0. The maximum Gasteiger partial charge on any atom is 0.270 e. The van der Waals surface area contributed by atoms with Gasteiger partial charge >= 0.3 is 0 Å². The molecule has 6 nitrogen and oxygen atoms in total. The molecule has 1 aliphatic carbocycles. The fraction of sp³-hybridized carbons (Fsp3) is 0.526. The average molecular weight is 341 g/mol. The first-order valence-electron chi connectivity index (χ1n) is 9.12. The summed E-state index contributed by atoms with van der Waals surface area (Å²) in [5.41, 5.74) is 1.18. The van der Waals surface area contributed by atoms with Crippen LogP contribution in [0, 0.1) is 0 Å². The van der Waals surface area contributed by atoms with Crippen LogP contribution in [0.4, 0.5) is 5.69 Å². The van der Waals surface area contributed by atoms with Gasteiger partial charge in [0.1, 0.15) is 5.71 Å². The lowest BCUT2D eigenvalue weighted by atomic mass is 9.89. The second-order valence-corrected chi connectivity index (χ2v) is 6.85. The van der Waals surface area contributed by atoms with E-state index in [-0.39, 0.29) is 24.0 Å². The Morgan fingerprint density at radius 1 is 1.12 bits per heavy atom. The molecule has 3 aliphatic rings. The molecule has 0 N–H and O–H groups in total. The zero-order chi connectivity index (χ0) is 17.2. The molecule has 2 fully saturated rings. The lowest BCUT2D eigenvalue weighted by molar-refractivity contribution is -0.142. The highest BCUT2D eigenvalue weighted by atomic mass is 16.5. The summed E-state index contributed by atoms with van der Waals surface area (Å²) >= 11 is 0. The van der Waals surface area contributed by atoms with Crippen molar-refractivity contribution in [3.05, 3.63) is 30.3 Å². The molecule has 25 heavy (non-hydrogen) atoms. The number of morpholine rings is 1. The van der Waals surface area contributed by atoms with Gasteiger partial charge in [0.25, 0.3) is 5.91 Å². The molecular formula is C19H23N3O3. The summed E-state index contributed by atoms with van der Waals surface area (Å²) in [6, 6.07) is 9.44. The summed E-state index contributed by atoms with van der Waals surface area (Å²) in [7, 11) is 0. The predicted octanol–water partition coefficient (Wildman–Crippen LogP) is 2.34. The molecule has 4 rings (SSSR count). The summed E-state index contributed by atoms with van der Waals surface area (Å²) < 4.78 is 5.86. The van der Waals surface area contributed by atoms with Gasteiger partial charge in [-0.15, -0.1) is 0 Å². The van der Waals surface area contributed by atoms with E-state index >= 15 is 0 Å². The first-order valence-corrected chi connectivity index (χ1v) is 9.12. The number of anilines is 1. The number of nitrogens with zero attached hydrogens (tertiary/aromatic N) is 3. The molecule has 2 heterocycles. The van der Waals surface area contributed by atoms with Gasteiger partial charge in [-0.05, 0) is 25.0 Å². The van der Waals surface area contributed by atoms with E-state index in [0.717, 1.165) is 19.3 Å². The third-order valence-corrected chi connectivity index (χ3v) is 5.27. The van der Waals surface area contributed by atoms with Crippen molar-refractivity contribution in [2.45, 2.75) is 50.7 Å². The van der Waals surface area contributed by atoms with Gasteiger partial charge in [-0.1, -0.05) is 31.0 Å². The molecule has 0 spiro atoms. The van der Waals surface area contributed by atoms with E-state index in [1.54, 1.807) is 0 Å². The van der Waals surface area contributed by atoms with Gasteiger partial charge in [0.15, 0.2) is 0 Å². The first-order chi connectivity index (χ1) is 12.2. The van der Waals surface area contributed by atoms with Gasteiger partial charge in [0.2, 0.25) is 5.91 Å². The Bertz CT molecular complexity index is 686. The number of para-hydroxylation sites is 1. The van der Waals surface area contributed by atoms with Gasteiger partial charge in [-0.2, -0.15) is 5.10 Å². The van der Waals surface area contributed by atoms with Gasteiger partial charge < -0.3 is 9.64 Å². The normalized spacial score (nSPS) is 26.9. The molecule has 0 aromatic heterocycles. The van der Waals surface area contributed by atoms with Crippen molar-refractivity contribution in [3.8, 4) is 0 Å². The Kier molecular flexibility index (Phi) is 4.53. The summed E-state index contributed by atoms with van der Waals surface area (Å²) in [6.45, 7) is 1.19. The van der Waals surface area contributed by atoms with Crippen molar-refractivity contribution in [1.82, 2.24) is 4.90 Å². The summed E-state index contributed by atoms with van der Waals surface area (Å²) in [5, 5.41) is 5.78. The van der Waals surface area contributed by atoms with Crippen LogP contribution in [0.1, 0.15) is 38.5 Å². The van der Waals surface area contributed by atoms with Gasteiger partial charge in [0, 0.05) is 19.4 Å². The molecular weight excluding hydrogens is 318 g/mol. The van der Waals surface area contributed by atoms with Crippen molar-refractivity contribution in [3.63, 3.8) is 0 Å². The van der Waals surface area contributed by atoms with Crippen LogP contribution in [0.15, 0.2) is 35.4 Å². The number of carbonyl (C=O) groups is 2. The van der Waals surface area contributed by atoms with Crippen LogP contribution < -0.4 is 5.01 Å². The number of rotatable bonds is 2. The van der Waals surface area contributed by atoms with Crippen LogP contribution in [0.5, 0.6) is 0 Å². The van der Waals surface area contributed by atoms with Crippen LogP contribution in [-0.2, 0) is 14.3 Å². The fourth-order valence-corrected chi connectivity index (χ4v) is 3.99. The number of ether oxygens (including phenoxy) is 1. The van der Waals surface area contributed by atoms with E-state index < -0.39 is 0 Å². The highest BCUT2D eigenvalue weighted by Gasteiger charge is 2.39. The lowest BCUT2D eigenvalue weighted by Crippen LogP contribution is -2.57. The monoisotopic (exact) mass is 341 g/mol. The third kappa shape index (κ3) is 3.18. The SMILES string of the molecule is O=C1CCC(C(=O)N2CCOC3CCCCC32)=NN1c1ccccc1. The van der Waals surface area contributed by atoms with Gasteiger partial charge in [0.05, 0.1) is 24.4 Å². The largest absolute Gasteiger partial charge is 0.374 e. The third-order valence-electron chi connectivity index (χ3n) is 5.27. The van der Waals surface area contributed by atoms with Crippen molar-refractivity contribution >= 4 is 23.2 Å². The average Bonchev–Trinajstić information content (AvgIpc) is 2.68. The smallest absolute Gasteiger partial charge is 0.270 e. The summed E-state index contributed by atoms with van der Waals surface area (Å²) in [5.74, 6) is -0.103. The molecule has 0 bridgehead atoms. The number of fused-ring (bicyclic) bond motifs is 1. The van der Waals surface area contributed by atoms with Gasteiger partial charge in [-0.25, -0.2) is 5.01 Å². The van der Waals surface area contributed by atoms with Crippen LogP contribution in [0.3, 0.4) is 0 Å². The predicted molar refractivity (Wildman–Crippen MR) is 94.3 cm³/mol. The van der Waals surface area contributed by atoms with Crippen molar-refractivity contribution in [2.75, 3.05) is 18.2 Å². The summed E-state index contributed by atoms with van der Waals surface area (Å²) in [6.07, 6.45) is 5.20. The Balaban J connectivity index is 1.57. The van der Waals surface area contributed by atoms with E-state index in [0.29, 0.717) is 37.4 Å². The molecule has 2 amide bonds. The van der Waals surface area contributed by atoms with E-state index in [1.165, 1.54) is 11.4 Å². The Labute approximate surface area is 147 Å². The van der Waals surface area contributed by atoms with Crippen LogP contribution in [0.2, 0.25) is 0 Å². The zero-order valence-corrected chi connectivity index (χ0v) is 14.3. The van der Waals surface area contributed by atoms with E-state index in [2.05, 4.69) is 5.10 Å². The molecule has 1 saturated heterocycles. The van der Waals surface area contributed by atoms with E-state index in [1.807, 2.05) is 35.2 Å². The number of benzene rings is 1. The highest BCUT2D eigenvalue weighted by Crippen LogP contribution is 2.29. The summed E-state index contributed by atoms with van der Waals surface area (Å²) in [4.78, 5) is 27.3. The van der Waals surface area contributed by atoms with Crippen molar-refractivity contribution in [2.24, 2.45) is 5.10 Å². The Hall–Kier alpha value is -2.21. The maximum atomic E-state index is 13.1. The number of hydrazone groups is 1. The quantitative estimate of drug-likeness (QED) is 0.829. The number of hydrogen-bond acceptors (Lipinski definition) is 4. The standard InChI is InChI=1S/C19H23N3O3/c23-18-11-10-15(20-22(18)14-6-2-1-3-7-14)19(24)21-12-13-25-17-9-5-4-8-16(17)21/h1-3,6-7,16-17H,4-5,8-13H2. The zero-order valence-electron chi connectivity index (χ0n) is 14.3. The van der Waals surface area contributed by atoms with Crippen molar-refractivity contribution < 1.29 is 14.3 Å². The van der Waals surface area contributed by atoms with Crippen molar-refractivity contribution in [1.29, 1.82) is 0 Å². The Morgan fingerprint density at radius 3 is 2.76 bits per heavy atom. The number of carbonyl (C=O) groups excluding carboxylic acids is 2. The fourth-order valence-electron chi connectivity index (χ4n) is 3.99. The molecule has 2 atom stereocenters. The molecule has 1 saturated carbocycles. The minimum Gasteiger partial charge on any atom is -0.374 e. The Morgan fingerprint density at radius 2 is 1.92 bits per heavy atom. The van der Waals surface area contributed by atoms with Crippen LogP contribution in [-0.4, -0.2) is 47.7 Å². The second kappa shape index (κ2) is 6.96.